The molecule has 2 N–H and O–H groups in total. The molecule has 2 aromatic rings. The highest BCUT2D eigenvalue weighted by Gasteiger charge is 2.22. The first-order valence-corrected chi connectivity index (χ1v) is 9.15. The maximum atomic E-state index is 12.3. The van der Waals surface area contributed by atoms with Crippen LogP contribution in [0.25, 0.3) is 0 Å². The lowest BCUT2D eigenvalue weighted by Crippen LogP contribution is -2.20. The normalized spacial score (nSPS) is 14.1. The molecule has 0 spiro atoms. The molecule has 3 rings (SSSR count). The lowest BCUT2D eigenvalue weighted by Gasteiger charge is -2.11. The van der Waals surface area contributed by atoms with Gasteiger partial charge in [0.05, 0.1) is 0 Å². The van der Waals surface area contributed by atoms with E-state index in [1.807, 2.05) is 0 Å². The Morgan fingerprint density at radius 2 is 1.44 bits per heavy atom. The van der Waals surface area contributed by atoms with Gasteiger partial charge in [0.2, 0.25) is 5.91 Å². The van der Waals surface area contributed by atoms with Crippen LogP contribution in [0.2, 0.25) is 0 Å². The van der Waals surface area contributed by atoms with Gasteiger partial charge in [-0.1, -0.05) is 12.8 Å². The van der Waals surface area contributed by atoms with Crippen molar-refractivity contribution in [2.45, 2.75) is 25.7 Å². The lowest BCUT2D eigenvalue weighted by molar-refractivity contribution is -0.119. The number of benzene rings is 2. The monoisotopic (exact) mass is 450 g/mol. The Labute approximate surface area is 160 Å². The van der Waals surface area contributed by atoms with E-state index in [0.29, 0.717) is 11.3 Å². The second kappa shape index (κ2) is 8.33. The molecule has 2 aromatic carbocycles. The molecule has 0 unspecified atom stereocenters. The van der Waals surface area contributed by atoms with E-state index in [9.17, 15) is 9.59 Å². The third-order valence-electron chi connectivity index (χ3n) is 4.34. The predicted molar refractivity (Wildman–Crippen MR) is 106 cm³/mol. The fourth-order valence-corrected chi connectivity index (χ4v) is 3.22. The number of rotatable bonds is 5. The van der Waals surface area contributed by atoms with E-state index in [4.69, 9.17) is 3.07 Å². The van der Waals surface area contributed by atoms with Crippen molar-refractivity contribution in [2.24, 2.45) is 5.92 Å². The van der Waals surface area contributed by atoms with E-state index >= 15 is 0 Å². The van der Waals surface area contributed by atoms with Gasteiger partial charge in [0.15, 0.2) is 23.0 Å². The maximum Gasteiger partial charge on any atom is 0.255 e. The Morgan fingerprint density at radius 3 is 2.04 bits per heavy atom. The van der Waals surface area contributed by atoms with E-state index in [2.05, 4.69) is 10.6 Å². The van der Waals surface area contributed by atoms with Gasteiger partial charge < -0.3 is 13.7 Å². The Hall–Kier alpha value is -2.09. The van der Waals surface area contributed by atoms with Crippen LogP contribution in [0.4, 0.5) is 11.4 Å². The second-order valence-corrected chi connectivity index (χ2v) is 6.54. The molecule has 1 aliphatic rings. The summed E-state index contributed by atoms with van der Waals surface area (Å²) >= 11 is 1.81. The van der Waals surface area contributed by atoms with Crippen LogP contribution in [0.5, 0.6) is 5.75 Å². The molecule has 0 heterocycles. The maximum absolute atomic E-state index is 12.3. The molecule has 0 aromatic heterocycles. The van der Waals surface area contributed by atoms with Gasteiger partial charge in [0.25, 0.3) is 5.91 Å². The van der Waals surface area contributed by atoms with Gasteiger partial charge in [-0.25, -0.2) is 0 Å². The quantitative estimate of drug-likeness (QED) is 0.644. The van der Waals surface area contributed by atoms with Crippen molar-refractivity contribution in [3.05, 3.63) is 54.1 Å². The van der Waals surface area contributed by atoms with Crippen LogP contribution in [0.3, 0.4) is 0 Å². The topological polar surface area (TPSA) is 67.4 Å². The second-order valence-electron chi connectivity index (χ2n) is 6.10. The van der Waals surface area contributed by atoms with Crippen molar-refractivity contribution >= 4 is 46.2 Å². The molecule has 0 bridgehead atoms. The average Bonchev–Trinajstić information content (AvgIpc) is 3.18. The van der Waals surface area contributed by atoms with Crippen molar-refractivity contribution in [1.82, 2.24) is 0 Å². The Morgan fingerprint density at radius 1 is 0.880 bits per heavy atom. The third-order valence-corrected chi connectivity index (χ3v) is 4.85. The summed E-state index contributed by atoms with van der Waals surface area (Å²) in [6.45, 7) is 0. The van der Waals surface area contributed by atoms with Gasteiger partial charge in [-0.3, -0.25) is 9.59 Å². The first kappa shape index (κ1) is 17.7. The van der Waals surface area contributed by atoms with Crippen molar-refractivity contribution < 1.29 is 12.7 Å². The van der Waals surface area contributed by atoms with Gasteiger partial charge >= 0.3 is 0 Å². The molecule has 0 atom stereocenters. The van der Waals surface area contributed by atoms with E-state index in [0.717, 1.165) is 37.1 Å². The van der Waals surface area contributed by atoms with Gasteiger partial charge in [0.1, 0.15) is 5.75 Å². The minimum Gasteiger partial charge on any atom is -0.428 e. The highest BCUT2D eigenvalue weighted by Crippen LogP contribution is 2.26. The molecule has 2 amide bonds. The number of carbonyl (C=O) groups is 2. The van der Waals surface area contributed by atoms with Gasteiger partial charge in [-0.05, 0) is 61.4 Å². The summed E-state index contributed by atoms with van der Waals surface area (Å²) in [4.78, 5) is 24.4. The highest BCUT2D eigenvalue weighted by molar-refractivity contribution is 14.1. The first-order chi connectivity index (χ1) is 12.2. The van der Waals surface area contributed by atoms with Crippen molar-refractivity contribution in [3.8, 4) is 5.75 Å². The molecule has 6 heteroatoms. The van der Waals surface area contributed by atoms with Crippen molar-refractivity contribution in [1.29, 1.82) is 0 Å². The molecule has 130 valence electrons. The summed E-state index contributed by atoms with van der Waals surface area (Å²) in [5.41, 5.74) is 1.95. The van der Waals surface area contributed by atoms with Gasteiger partial charge in [-0.2, -0.15) is 0 Å². The molecular formula is C19H19IN2O3. The number of nitrogens with one attached hydrogen (secondary N) is 2. The fraction of sp³-hybridized carbons (Fsp3) is 0.263. The summed E-state index contributed by atoms with van der Waals surface area (Å²) in [7, 11) is 0. The average molecular weight is 450 g/mol. The van der Waals surface area contributed by atoms with Crippen LogP contribution >= 0.6 is 23.0 Å². The van der Waals surface area contributed by atoms with Crippen molar-refractivity contribution in [2.75, 3.05) is 10.6 Å². The van der Waals surface area contributed by atoms with E-state index in [-0.39, 0.29) is 17.7 Å². The number of hydrogen-bond acceptors (Lipinski definition) is 3. The summed E-state index contributed by atoms with van der Waals surface area (Å²) in [6, 6.07) is 14.1. The number of hydrogen-bond donors (Lipinski definition) is 2. The van der Waals surface area contributed by atoms with Crippen LogP contribution < -0.4 is 13.7 Å². The van der Waals surface area contributed by atoms with E-state index in [1.165, 1.54) is 0 Å². The zero-order valence-corrected chi connectivity index (χ0v) is 15.8. The zero-order chi connectivity index (χ0) is 17.6. The van der Waals surface area contributed by atoms with Crippen LogP contribution in [0.15, 0.2) is 48.5 Å². The molecular weight excluding hydrogens is 431 g/mol. The Balaban J connectivity index is 1.58. The summed E-state index contributed by atoms with van der Waals surface area (Å²) in [5, 5.41) is 5.76. The number of anilines is 2. The molecule has 0 saturated heterocycles. The summed E-state index contributed by atoms with van der Waals surface area (Å²) < 4.78 is 5.06. The molecule has 25 heavy (non-hydrogen) atoms. The minimum absolute atomic E-state index is 0.0762. The predicted octanol–water partition coefficient (Wildman–Crippen LogP) is 4.80. The third kappa shape index (κ3) is 4.72. The molecule has 1 aliphatic carbocycles. The number of amides is 2. The fourth-order valence-electron chi connectivity index (χ4n) is 2.93. The SMILES string of the molecule is O=C(Nc1ccc(OI)cc1)c1ccc(NC(=O)C2CCCC2)cc1. The molecule has 0 radical (unpaired) electrons. The molecule has 1 saturated carbocycles. The van der Waals surface area contributed by atoms with Crippen LogP contribution in [-0.2, 0) is 4.79 Å². The standard InChI is InChI=1S/C19H19IN2O3/c20-25-17-11-9-16(10-12-17)22-19(24)14-5-7-15(8-6-14)21-18(23)13-3-1-2-4-13/h5-13H,1-4H2,(H,21,23)(H,22,24). The molecule has 1 fully saturated rings. The van der Waals surface area contributed by atoms with E-state index < -0.39 is 0 Å². The largest absolute Gasteiger partial charge is 0.428 e. The first-order valence-electron chi connectivity index (χ1n) is 8.26. The lowest BCUT2D eigenvalue weighted by atomic mass is 10.1. The van der Waals surface area contributed by atoms with Gasteiger partial charge in [0, 0.05) is 22.9 Å². The number of halogens is 1. The molecule has 0 aliphatic heterocycles. The van der Waals surface area contributed by atoms with Crippen LogP contribution in [0, 0.1) is 5.92 Å². The Bertz CT molecular complexity index is 738. The zero-order valence-electron chi connectivity index (χ0n) is 13.6. The number of carbonyl (C=O) groups excluding carboxylic acids is 2. The highest BCUT2D eigenvalue weighted by atomic mass is 127. The molecule has 5 nitrogen and oxygen atoms in total. The van der Waals surface area contributed by atoms with Crippen molar-refractivity contribution in [3.63, 3.8) is 0 Å². The smallest absolute Gasteiger partial charge is 0.255 e. The summed E-state index contributed by atoms with van der Waals surface area (Å²) in [5.74, 6) is 0.725. The summed E-state index contributed by atoms with van der Waals surface area (Å²) in [6.07, 6.45) is 4.19. The minimum atomic E-state index is -0.197. The van der Waals surface area contributed by atoms with Crippen LogP contribution in [-0.4, -0.2) is 11.8 Å². The van der Waals surface area contributed by atoms with E-state index in [1.54, 1.807) is 71.5 Å². The van der Waals surface area contributed by atoms with Crippen LogP contribution in [0.1, 0.15) is 36.0 Å². The van der Waals surface area contributed by atoms with Gasteiger partial charge in [-0.15, -0.1) is 0 Å². The Kier molecular flexibility index (Phi) is 5.91.